The van der Waals surface area contributed by atoms with Crippen LogP contribution in [-0.2, 0) is 21.3 Å². The number of rotatable bonds is 8. The van der Waals surface area contributed by atoms with Crippen molar-refractivity contribution in [3.63, 3.8) is 0 Å². The van der Waals surface area contributed by atoms with Gasteiger partial charge in [0, 0.05) is 19.2 Å². The Bertz CT molecular complexity index is 471. The van der Waals surface area contributed by atoms with Crippen LogP contribution in [0.5, 0.6) is 0 Å². The van der Waals surface area contributed by atoms with Gasteiger partial charge in [0.2, 0.25) is 10.0 Å². The fourth-order valence-corrected chi connectivity index (χ4v) is 2.88. The van der Waals surface area contributed by atoms with Gasteiger partial charge in [-0.05, 0) is 38.6 Å². The summed E-state index contributed by atoms with van der Waals surface area (Å²) < 4.78 is 32.0. The normalized spacial score (nSPS) is 13.4. The van der Waals surface area contributed by atoms with Crippen molar-refractivity contribution in [2.24, 2.45) is 0 Å². The molecule has 0 fully saturated rings. The number of hydrogen-bond donors (Lipinski definition) is 2. The SMILES string of the molecule is CCOCC(C)NS(=O)(=O)c1ccc(CNC)cc1. The predicted molar refractivity (Wildman–Crippen MR) is 75.5 cm³/mol. The lowest BCUT2D eigenvalue weighted by Crippen LogP contribution is -2.35. The maximum Gasteiger partial charge on any atom is 0.240 e. The Morgan fingerprint density at radius 3 is 2.42 bits per heavy atom. The summed E-state index contributed by atoms with van der Waals surface area (Å²) in [6, 6.07) is 6.59. The zero-order valence-corrected chi connectivity index (χ0v) is 12.5. The molecule has 0 spiro atoms. The zero-order chi connectivity index (χ0) is 14.3. The van der Waals surface area contributed by atoms with Crippen LogP contribution in [0.2, 0.25) is 0 Å². The van der Waals surface area contributed by atoms with Crippen LogP contribution in [0.3, 0.4) is 0 Å². The molecular weight excluding hydrogens is 264 g/mol. The molecule has 0 saturated heterocycles. The Kier molecular flexibility index (Phi) is 6.44. The maximum absolute atomic E-state index is 12.1. The molecule has 5 nitrogen and oxygen atoms in total. The summed E-state index contributed by atoms with van der Waals surface area (Å²) in [5.74, 6) is 0. The average Bonchev–Trinajstić information content (AvgIpc) is 2.37. The van der Waals surface area contributed by atoms with Crippen molar-refractivity contribution in [1.29, 1.82) is 0 Å². The minimum atomic E-state index is -3.47. The molecule has 2 N–H and O–H groups in total. The van der Waals surface area contributed by atoms with Crippen molar-refractivity contribution in [2.45, 2.75) is 31.3 Å². The van der Waals surface area contributed by atoms with Gasteiger partial charge in [-0.1, -0.05) is 12.1 Å². The van der Waals surface area contributed by atoms with Gasteiger partial charge in [0.25, 0.3) is 0 Å². The lowest BCUT2D eigenvalue weighted by molar-refractivity contribution is 0.133. The summed E-state index contributed by atoms with van der Waals surface area (Å²) in [5, 5.41) is 3.02. The van der Waals surface area contributed by atoms with E-state index in [1.807, 2.05) is 14.0 Å². The van der Waals surface area contributed by atoms with Gasteiger partial charge in [0.05, 0.1) is 11.5 Å². The summed E-state index contributed by atoms with van der Waals surface area (Å²) in [6.07, 6.45) is 0. The van der Waals surface area contributed by atoms with Crippen LogP contribution in [0.4, 0.5) is 0 Å². The molecule has 0 aliphatic carbocycles. The highest BCUT2D eigenvalue weighted by Crippen LogP contribution is 2.11. The Balaban J connectivity index is 2.71. The molecule has 108 valence electrons. The second-order valence-corrected chi connectivity index (χ2v) is 6.07. The van der Waals surface area contributed by atoms with Gasteiger partial charge in [0.15, 0.2) is 0 Å². The van der Waals surface area contributed by atoms with E-state index in [1.165, 1.54) is 0 Å². The first-order valence-electron chi connectivity index (χ1n) is 6.33. The number of sulfonamides is 1. The molecule has 0 aliphatic heterocycles. The van der Waals surface area contributed by atoms with Gasteiger partial charge < -0.3 is 10.1 Å². The molecule has 1 atom stereocenters. The van der Waals surface area contributed by atoms with Gasteiger partial charge in [-0.2, -0.15) is 0 Å². The second-order valence-electron chi connectivity index (χ2n) is 4.36. The molecule has 0 heterocycles. The van der Waals surface area contributed by atoms with E-state index in [2.05, 4.69) is 10.0 Å². The molecule has 1 rings (SSSR count). The van der Waals surface area contributed by atoms with Crippen LogP contribution in [0.15, 0.2) is 29.2 Å². The summed E-state index contributed by atoms with van der Waals surface area (Å²) in [5.41, 5.74) is 1.05. The van der Waals surface area contributed by atoms with Crippen molar-refractivity contribution in [1.82, 2.24) is 10.0 Å². The highest BCUT2D eigenvalue weighted by atomic mass is 32.2. The first-order chi connectivity index (χ1) is 8.99. The second kappa shape index (κ2) is 7.59. The molecule has 0 aromatic heterocycles. The van der Waals surface area contributed by atoms with Crippen LogP contribution < -0.4 is 10.0 Å². The van der Waals surface area contributed by atoms with E-state index in [4.69, 9.17) is 4.74 Å². The van der Waals surface area contributed by atoms with Gasteiger partial charge in [-0.3, -0.25) is 0 Å². The molecule has 19 heavy (non-hydrogen) atoms. The Labute approximate surface area is 115 Å². The molecule has 6 heteroatoms. The smallest absolute Gasteiger partial charge is 0.240 e. The lowest BCUT2D eigenvalue weighted by atomic mass is 10.2. The fourth-order valence-electron chi connectivity index (χ4n) is 1.65. The van der Waals surface area contributed by atoms with E-state index in [9.17, 15) is 8.42 Å². The zero-order valence-electron chi connectivity index (χ0n) is 11.6. The standard InChI is InChI=1S/C13H22N2O3S/c1-4-18-10-11(2)15-19(16,17)13-7-5-12(6-8-13)9-14-3/h5-8,11,14-15H,4,9-10H2,1-3H3. The van der Waals surface area contributed by atoms with Crippen molar-refractivity contribution in [3.8, 4) is 0 Å². The van der Waals surface area contributed by atoms with Crippen LogP contribution in [0.1, 0.15) is 19.4 Å². The van der Waals surface area contributed by atoms with Crippen LogP contribution in [0.25, 0.3) is 0 Å². The largest absolute Gasteiger partial charge is 0.380 e. The Morgan fingerprint density at radius 2 is 1.89 bits per heavy atom. The highest BCUT2D eigenvalue weighted by Gasteiger charge is 2.17. The van der Waals surface area contributed by atoms with Crippen LogP contribution in [0, 0.1) is 0 Å². The van der Waals surface area contributed by atoms with E-state index in [1.54, 1.807) is 31.2 Å². The number of benzene rings is 1. The van der Waals surface area contributed by atoms with Gasteiger partial charge in [-0.15, -0.1) is 0 Å². The summed E-state index contributed by atoms with van der Waals surface area (Å²) in [7, 11) is -1.62. The molecule has 1 aromatic rings. The Hall–Kier alpha value is -0.950. The third-order valence-electron chi connectivity index (χ3n) is 2.54. The molecule has 0 saturated carbocycles. The van der Waals surface area contributed by atoms with Crippen molar-refractivity contribution in [2.75, 3.05) is 20.3 Å². The number of hydrogen-bond acceptors (Lipinski definition) is 4. The molecule has 0 aliphatic rings. The molecule has 0 radical (unpaired) electrons. The number of ether oxygens (including phenoxy) is 1. The molecular formula is C13H22N2O3S. The predicted octanol–water partition coefficient (Wildman–Crippen LogP) is 1.11. The van der Waals surface area contributed by atoms with Crippen molar-refractivity contribution < 1.29 is 13.2 Å². The maximum atomic E-state index is 12.1. The van der Waals surface area contributed by atoms with Gasteiger partial charge >= 0.3 is 0 Å². The van der Waals surface area contributed by atoms with Gasteiger partial charge in [0.1, 0.15) is 0 Å². The first kappa shape index (κ1) is 16.1. The van der Waals surface area contributed by atoms with E-state index in [0.717, 1.165) is 5.56 Å². The quantitative estimate of drug-likeness (QED) is 0.751. The molecule has 1 aromatic carbocycles. The fraction of sp³-hybridized carbons (Fsp3) is 0.538. The first-order valence-corrected chi connectivity index (χ1v) is 7.81. The van der Waals surface area contributed by atoms with Crippen LogP contribution >= 0.6 is 0 Å². The highest BCUT2D eigenvalue weighted by molar-refractivity contribution is 7.89. The number of nitrogens with one attached hydrogen (secondary N) is 2. The average molecular weight is 286 g/mol. The van der Waals surface area contributed by atoms with Crippen LogP contribution in [-0.4, -0.2) is 34.7 Å². The van der Waals surface area contributed by atoms with E-state index >= 15 is 0 Å². The van der Waals surface area contributed by atoms with Crippen molar-refractivity contribution in [3.05, 3.63) is 29.8 Å². The minimum Gasteiger partial charge on any atom is -0.380 e. The third-order valence-corrected chi connectivity index (χ3v) is 4.15. The molecule has 0 bridgehead atoms. The minimum absolute atomic E-state index is 0.248. The topological polar surface area (TPSA) is 67.4 Å². The lowest BCUT2D eigenvalue weighted by Gasteiger charge is -2.14. The van der Waals surface area contributed by atoms with Crippen molar-refractivity contribution >= 4 is 10.0 Å². The molecule has 1 unspecified atom stereocenters. The van der Waals surface area contributed by atoms with E-state index in [-0.39, 0.29) is 10.9 Å². The third kappa shape index (κ3) is 5.28. The Morgan fingerprint density at radius 1 is 1.26 bits per heavy atom. The summed E-state index contributed by atoms with van der Waals surface area (Å²) in [4.78, 5) is 0.274. The monoisotopic (exact) mass is 286 g/mol. The summed E-state index contributed by atoms with van der Waals surface area (Å²) in [6.45, 7) is 5.32. The summed E-state index contributed by atoms with van der Waals surface area (Å²) >= 11 is 0. The molecule has 0 amide bonds. The van der Waals surface area contributed by atoms with E-state index in [0.29, 0.717) is 19.8 Å². The van der Waals surface area contributed by atoms with Gasteiger partial charge in [-0.25, -0.2) is 13.1 Å². The van der Waals surface area contributed by atoms with E-state index < -0.39 is 10.0 Å².